The third kappa shape index (κ3) is 4.44. The van der Waals surface area contributed by atoms with Gasteiger partial charge in [-0.3, -0.25) is 14.6 Å². The molecule has 178 valence electrons. The highest BCUT2D eigenvalue weighted by molar-refractivity contribution is 6.01. The molecule has 4 rings (SSSR count). The lowest BCUT2D eigenvalue weighted by Crippen LogP contribution is -2.51. The summed E-state index contributed by atoms with van der Waals surface area (Å²) in [7, 11) is 6.10. The molecule has 2 aliphatic rings. The van der Waals surface area contributed by atoms with Crippen LogP contribution in [0.3, 0.4) is 0 Å². The smallest absolute Gasteiger partial charge is 0.324 e. The molecule has 1 aromatic heterocycles. The second kappa shape index (κ2) is 9.69. The predicted molar refractivity (Wildman–Crippen MR) is 133 cm³/mol. The minimum absolute atomic E-state index is 0.110. The Morgan fingerprint density at radius 2 is 1.97 bits per heavy atom. The minimum Gasteiger partial charge on any atom is -0.347 e. The first-order chi connectivity index (χ1) is 15.8. The molecule has 7 heteroatoms. The van der Waals surface area contributed by atoms with Gasteiger partial charge in [0.15, 0.2) is 0 Å². The Hall–Kier alpha value is -2.64. The van der Waals surface area contributed by atoms with Gasteiger partial charge in [0.05, 0.1) is 5.92 Å². The molecule has 0 fully saturated rings. The van der Waals surface area contributed by atoms with E-state index in [0.29, 0.717) is 19.6 Å². The molecule has 3 amide bonds. The van der Waals surface area contributed by atoms with Crippen LogP contribution in [0.2, 0.25) is 0 Å². The molecule has 2 atom stereocenters. The number of carbonyl (C=O) groups excluding carboxylic acids is 2. The second-order valence-corrected chi connectivity index (χ2v) is 9.51. The monoisotopic (exact) mass is 451 g/mol. The summed E-state index contributed by atoms with van der Waals surface area (Å²) in [4.78, 5) is 32.2. The van der Waals surface area contributed by atoms with Crippen molar-refractivity contribution in [2.24, 2.45) is 5.92 Å². The van der Waals surface area contributed by atoms with Crippen LogP contribution in [-0.2, 0) is 17.8 Å². The Kier molecular flexibility index (Phi) is 6.91. The number of fused-ring (bicyclic) bond motifs is 2. The SMILES string of the molecule is CCNC(=O)N(CCCN(C)C)C(=O)[C@@H]1C=C2c3cccc4c3c(cn4CC)C[C@H]2N(C)C1. The number of likely N-dealkylation sites (N-methyl/N-ethyl adjacent to an activating group) is 1. The molecule has 0 saturated carbocycles. The van der Waals surface area contributed by atoms with Crippen LogP contribution in [0.4, 0.5) is 4.79 Å². The van der Waals surface area contributed by atoms with Crippen LogP contribution in [0.25, 0.3) is 16.5 Å². The van der Waals surface area contributed by atoms with Gasteiger partial charge in [-0.2, -0.15) is 0 Å². The van der Waals surface area contributed by atoms with Crippen molar-refractivity contribution in [1.82, 2.24) is 24.6 Å². The highest BCUT2D eigenvalue weighted by Gasteiger charge is 2.38. The topological polar surface area (TPSA) is 60.8 Å². The highest BCUT2D eigenvalue weighted by atomic mass is 16.2. The summed E-state index contributed by atoms with van der Waals surface area (Å²) in [6.45, 7) is 7.37. The van der Waals surface area contributed by atoms with Crippen LogP contribution < -0.4 is 5.32 Å². The van der Waals surface area contributed by atoms with Crippen LogP contribution in [0.5, 0.6) is 0 Å². The van der Waals surface area contributed by atoms with Crippen LogP contribution in [0.15, 0.2) is 30.5 Å². The fourth-order valence-corrected chi connectivity index (χ4v) is 5.35. The lowest BCUT2D eigenvalue weighted by Gasteiger charge is -2.40. The van der Waals surface area contributed by atoms with E-state index in [0.717, 1.165) is 25.9 Å². The van der Waals surface area contributed by atoms with E-state index < -0.39 is 0 Å². The maximum Gasteiger partial charge on any atom is 0.324 e. The van der Waals surface area contributed by atoms with E-state index in [4.69, 9.17) is 0 Å². The number of urea groups is 1. The molecule has 0 spiro atoms. The quantitative estimate of drug-likeness (QED) is 0.703. The number of hydrogen-bond acceptors (Lipinski definition) is 4. The molecule has 1 aliphatic carbocycles. The number of amides is 3. The van der Waals surface area contributed by atoms with Gasteiger partial charge >= 0.3 is 6.03 Å². The standard InChI is InChI=1S/C26H37N5O2/c1-6-27-26(33)31(13-9-12-28(3)4)25(32)19-14-21-20-10-8-11-22-24(20)18(17-30(22)7-2)15-23(21)29(5)16-19/h8,10-11,14,17,19,23H,6-7,9,12-13,15-16H2,1-5H3,(H,27,33)/t19-,23-/m1/s1. The van der Waals surface area contributed by atoms with E-state index in [9.17, 15) is 9.59 Å². The van der Waals surface area contributed by atoms with Gasteiger partial charge in [-0.05, 0) is 77.1 Å². The van der Waals surface area contributed by atoms with Crippen LogP contribution in [-0.4, -0.2) is 84.6 Å². The van der Waals surface area contributed by atoms with E-state index in [1.54, 1.807) is 0 Å². The van der Waals surface area contributed by atoms with E-state index >= 15 is 0 Å². The maximum absolute atomic E-state index is 13.6. The van der Waals surface area contributed by atoms with E-state index in [1.807, 2.05) is 21.0 Å². The molecule has 0 unspecified atom stereocenters. The van der Waals surface area contributed by atoms with E-state index in [1.165, 1.54) is 32.5 Å². The average molecular weight is 452 g/mol. The predicted octanol–water partition coefficient (Wildman–Crippen LogP) is 3.04. The van der Waals surface area contributed by atoms with Crippen LogP contribution in [0, 0.1) is 5.92 Å². The Morgan fingerprint density at radius 1 is 1.18 bits per heavy atom. The number of benzene rings is 1. The number of carbonyl (C=O) groups is 2. The number of aryl methyl sites for hydroxylation is 1. The lowest BCUT2D eigenvalue weighted by molar-refractivity contribution is -0.131. The minimum atomic E-state index is -0.340. The summed E-state index contributed by atoms with van der Waals surface area (Å²) in [5, 5.41) is 4.14. The molecule has 0 radical (unpaired) electrons. The summed E-state index contributed by atoms with van der Waals surface area (Å²) in [5.74, 6) is -0.449. The van der Waals surface area contributed by atoms with Crippen molar-refractivity contribution in [3.05, 3.63) is 41.6 Å². The number of nitrogens with zero attached hydrogens (tertiary/aromatic N) is 4. The molecule has 2 aromatic rings. The van der Waals surface area contributed by atoms with Crippen molar-refractivity contribution in [2.75, 3.05) is 47.3 Å². The van der Waals surface area contributed by atoms with Gasteiger partial charge < -0.3 is 14.8 Å². The molecule has 1 N–H and O–H groups in total. The van der Waals surface area contributed by atoms with E-state index in [2.05, 4.69) is 64.1 Å². The molecular weight excluding hydrogens is 414 g/mol. The average Bonchev–Trinajstić information content (AvgIpc) is 3.16. The van der Waals surface area contributed by atoms with Crippen molar-refractivity contribution >= 4 is 28.4 Å². The highest BCUT2D eigenvalue weighted by Crippen LogP contribution is 2.41. The largest absolute Gasteiger partial charge is 0.347 e. The Morgan fingerprint density at radius 3 is 2.67 bits per heavy atom. The summed E-state index contributed by atoms with van der Waals surface area (Å²) in [6.07, 6.45) is 6.14. The van der Waals surface area contributed by atoms with E-state index in [-0.39, 0.29) is 23.9 Å². The molecule has 0 saturated heterocycles. The number of imide groups is 1. The van der Waals surface area contributed by atoms with Crippen molar-refractivity contribution in [3.8, 4) is 0 Å². The number of hydrogen-bond donors (Lipinski definition) is 1. The van der Waals surface area contributed by atoms with Gasteiger partial charge in [0.2, 0.25) is 5.91 Å². The van der Waals surface area contributed by atoms with Gasteiger partial charge in [0.25, 0.3) is 0 Å². The Labute approximate surface area is 197 Å². The second-order valence-electron chi connectivity index (χ2n) is 9.51. The Bertz CT molecular complexity index is 1070. The lowest BCUT2D eigenvalue weighted by atomic mass is 9.79. The number of aromatic nitrogens is 1. The normalized spacial score (nSPS) is 20.0. The summed E-state index contributed by atoms with van der Waals surface area (Å²) in [5.41, 5.74) is 5.09. The first-order valence-electron chi connectivity index (χ1n) is 12.1. The summed E-state index contributed by atoms with van der Waals surface area (Å²) in [6, 6.07) is 6.45. The number of rotatable bonds is 7. The van der Waals surface area contributed by atoms with Crippen LogP contribution >= 0.6 is 0 Å². The van der Waals surface area contributed by atoms with Gasteiger partial charge in [0, 0.05) is 49.3 Å². The summed E-state index contributed by atoms with van der Waals surface area (Å²) < 4.78 is 2.32. The molecule has 1 aromatic carbocycles. The van der Waals surface area contributed by atoms with Gasteiger partial charge in [-0.25, -0.2) is 4.79 Å². The molecular formula is C26H37N5O2. The first kappa shape index (κ1) is 23.5. The fraction of sp³-hybridized carbons (Fsp3) is 0.538. The molecule has 7 nitrogen and oxygen atoms in total. The van der Waals surface area contributed by atoms with Gasteiger partial charge in [-0.15, -0.1) is 0 Å². The zero-order valence-electron chi connectivity index (χ0n) is 20.6. The first-order valence-corrected chi connectivity index (χ1v) is 12.1. The van der Waals surface area contributed by atoms with Gasteiger partial charge in [-0.1, -0.05) is 18.2 Å². The van der Waals surface area contributed by atoms with Crippen molar-refractivity contribution in [3.63, 3.8) is 0 Å². The van der Waals surface area contributed by atoms with Crippen molar-refractivity contribution in [2.45, 2.75) is 39.3 Å². The summed E-state index contributed by atoms with van der Waals surface area (Å²) >= 11 is 0. The zero-order chi connectivity index (χ0) is 23.7. The molecule has 33 heavy (non-hydrogen) atoms. The Balaban J connectivity index is 1.68. The maximum atomic E-state index is 13.6. The van der Waals surface area contributed by atoms with Crippen molar-refractivity contribution < 1.29 is 9.59 Å². The number of nitrogens with one attached hydrogen (secondary N) is 1. The fourth-order valence-electron chi connectivity index (χ4n) is 5.35. The molecule has 0 bridgehead atoms. The molecule has 1 aliphatic heterocycles. The van der Waals surface area contributed by atoms with Crippen LogP contribution in [0.1, 0.15) is 31.4 Å². The van der Waals surface area contributed by atoms with Gasteiger partial charge in [0.1, 0.15) is 0 Å². The van der Waals surface area contributed by atoms with Crippen molar-refractivity contribution in [1.29, 1.82) is 0 Å². The third-order valence-corrected chi connectivity index (χ3v) is 6.95. The zero-order valence-corrected chi connectivity index (χ0v) is 20.6. The third-order valence-electron chi connectivity index (χ3n) is 6.95. The molecule has 2 heterocycles.